The standard InChI is InChI=1S/C14H8Br2ClN3O/c15-7-5-8-11(9(16)6-7)20-14(21)13(17)19-12(8)10-3-1-2-4-18-10/h1-6,13H,(H,20,21). The molecule has 0 saturated carbocycles. The van der Waals surface area contributed by atoms with Crippen LogP contribution in [0.25, 0.3) is 0 Å². The second kappa shape index (κ2) is 5.87. The van der Waals surface area contributed by atoms with Gasteiger partial charge in [0.25, 0.3) is 5.91 Å². The lowest BCUT2D eigenvalue weighted by atomic mass is 10.0. The van der Waals surface area contributed by atoms with E-state index in [1.807, 2.05) is 30.3 Å². The van der Waals surface area contributed by atoms with Gasteiger partial charge in [-0.2, -0.15) is 0 Å². The normalized spacial score (nSPS) is 17.6. The minimum atomic E-state index is -1.000. The number of halogens is 3. The van der Waals surface area contributed by atoms with Gasteiger partial charge in [-0.3, -0.25) is 14.8 Å². The summed E-state index contributed by atoms with van der Waals surface area (Å²) in [6.45, 7) is 0. The van der Waals surface area contributed by atoms with Crippen LogP contribution in [0.5, 0.6) is 0 Å². The van der Waals surface area contributed by atoms with Crippen molar-refractivity contribution in [2.75, 3.05) is 5.32 Å². The summed E-state index contributed by atoms with van der Waals surface area (Å²) in [7, 11) is 0. The van der Waals surface area contributed by atoms with Crippen LogP contribution in [0.2, 0.25) is 0 Å². The van der Waals surface area contributed by atoms with Gasteiger partial charge >= 0.3 is 0 Å². The third kappa shape index (κ3) is 2.88. The molecular formula is C14H8Br2ClN3O. The van der Waals surface area contributed by atoms with Crippen molar-refractivity contribution in [2.24, 2.45) is 4.99 Å². The van der Waals surface area contributed by atoms with Gasteiger partial charge in [0.15, 0.2) is 0 Å². The number of fused-ring (bicyclic) bond motifs is 1. The molecule has 1 amide bonds. The maximum atomic E-state index is 12.0. The Hall–Kier alpha value is -1.24. The molecule has 0 spiro atoms. The first-order valence-corrected chi connectivity index (χ1v) is 8.02. The molecule has 0 aliphatic carbocycles. The van der Waals surface area contributed by atoms with Crippen molar-refractivity contribution in [1.29, 1.82) is 0 Å². The Labute approximate surface area is 142 Å². The summed E-state index contributed by atoms with van der Waals surface area (Å²) in [6.07, 6.45) is 1.67. The second-order valence-electron chi connectivity index (χ2n) is 4.33. The number of aliphatic imine (C=N–C) groups is 1. The van der Waals surface area contributed by atoms with Crippen LogP contribution in [0.3, 0.4) is 0 Å². The summed E-state index contributed by atoms with van der Waals surface area (Å²) in [5, 5.41) is 2.79. The van der Waals surface area contributed by atoms with Crippen molar-refractivity contribution in [3.8, 4) is 0 Å². The van der Waals surface area contributed by atoms with Crippen molar-refractivity contribution in [3.05, 3.63) is 56.7 Å². The molecule has 1 atom stereocenters. The minimum absolute atomic E-state index is 0.369. The van der Waals surface area contributed by atoms with Crippen LogP contribution in [0.1, 0.15) is 11.3 Å². The van der Waals surface area contributed by atoms with Gasteiger partial charge in [-0.05, 0) is 40.2 Å². The third-order valence-corrected chi connectivity index (χ3v) is 4.30. The number of rotatable bonds is 1. The van der Waals surface area contributed by atoms with Crippen LogP contribution < -0.4 is 5.32 Å². The van der Waals surface area contributed by atoms with Gasteiger partial charge in [0.05, 0.1) is 17.1 Å². The topological polar surface area (TPSA) is 54.4 Å². The highest BCUT2D eigenvalue weighted by Crippen LogP contribution is 2.34. The predicted octanol–water partition coefficient (Wildman–Crippen LogP) is 3.96. The van der Waals surface area contributed by atoms with Crippen molar-refractivity contribution in [1.82, 2.24) is 4.98 Å². The SMILES string of the molecule is O=C1Nc2c(Br)cc(Br)cc2C(c2ccccn2)=NC1Cl. The molecule has 1 unspecified atom stereocenters. The maximum absolute atomic E-state index is 12.0. The molecular weight excluding hydrogens is 421 g/mol. The number of benzodiazepines with no additional fused rings is 1. The van der Waals surface area contributed by atoms with Crippen LogP contribution in [0.15, 0.2) is 50.5 Å². The monoisotopic (exact) mass is 427 g/mol. The second-order valence-corrected chi connectivity index (χ2v) is 6.51. The number of hydrogen-bond acceptors (Lipinski definition) is 3. The van der Waals surface area contributed by atoms with E-state index in [1.165, 1.54) is 0 Å². The van der Waals surface area contributed by atoms with E-state index in [1.54, 1.807) is 6.20 Å². The molecule has 2 heterocycles. The number of aromatic nitrogens is 1. The first-order valence-electron chi connectivity index (χ1n) is 6.00. The molecule has 1 aliphatic rings. The van der Waals surface area contributed by atoms with E-state index < -0.39 is 5.50 Å². The molecule has 7 heteroatoms. The van der Waals surface area contributed by atoms with Gasteiger partial charge < -0.3 is 5.32 Å². The molecule has 2 aromatic rings. The molecule has 1 aliphatic heterocycles. The van der Waals surface area contributed by atoms with Crippen molar-refractivity contribution in [3.63, 3.8) is 0 Å². The number of benzene rings is 1. The van der Waals surface area contributed by atoms with Crippen LogP contribution in [-0.2, 0) is 4.79 Å². The number of nitrogens with zero attached hydrogens (tertiary/aromatic N) is 2. The van der Waals surface area contributed by atoms with Crippen molar-refractivity contribution < 1.29 is 4.79 Å². The van der Waals surface area contributed by atoms with Gasteiger partial charge in [-0.15, -0.1) is 0 Å². The first-order chi connectivity index (χ1) is 10.1. The summed E-state index contributed by atoms with van der Waals surface area (Å²) in [4.78, 5) is 20.6. The smallest absolute Gasteiger partial charge is 0.264 e. The van der Waals surface area contributed by atoms with Gasteiger partial charge in [0.2, 0.25) is 5.50 Å². The fourth-order valence-electron chi connectivity index (χ4n) is 2.02. The zero-order valence-electron chi connectivity index (χ0n) is 10.5. The van der Waals surface area contributed by atoms with Crippen LogP contribution >= 0.6 is 43.5 Å². The highest BCUT2D eigenvalue weighted by atomic mass is 79.9. The number of alkyl halides is 1. The number of hydrogen-bond donors (Lipinski definition) is 1. The summed E-state index contributed by atoms with van der Waals surface area (Å²) in [5.74, 6) is -0.369. The lowest BCUT2D eigenvalue weighted by molar-refractivity contribution is -0.115. The average molecular weight is 429 g/mol. The van der Waals surface area contributed by atoms with Crippen LogP contribution in [0.4, 0.5) is 5.69 Å². The molecule has 4 nitrogen and oxygen atoms in total. The van der Waals surface area contributed by atoms with Gasteiger partial charge in [-0.1, -0.05) is 33.6 Å². The van der Waals surface area contributed by atoms with E-state index in [-0.39, 0.29) is 5.91 Å². The molecule has 106 valence electrons. The molecule has 1 aromatic heterocycles. The van der Waals surface area contributed by atoms with E-state index in [2.05, 4.69) is 47.2 Å². The molecule has 3 rings (SSSR count). The Morgan fingerprint density at radius 3 is 2.76 bits per heavy atom. The van der Waals surface area contributed by atoms with Gasteiger partial charge in [0, 0.05) is 20.7 Å². The molecule has 1 aromatic carbocycles. The highest BCUT2D eigenvalue weighted by molar-refractivity contribution is 9.11. The Morgan fingerprint density at radius 1 is 1.24 bits per heavy atom. The minimum Gasteiger partial charge on any atom is -0.322 e. The first kappa shape index (κ1) is 14.7. The molecule has 0 radical (unpaired) electrons. The molecule has 0 fully saturated rings. The number of anilines is 1. The predicted molar refractivity (Wildman–Crippen MR) is 90.0 cm³/mol. The highest BCUT2D eigenvalue weighted by Gasteiger charge is 2.26. The number of carbonyl (C=O) groups is 1. The maximum Gasteiger partial charge on any atom is 0.264 e. The number of nitrogens with one attached hydrogen (secondary N) is 1. The summed E-state index contributed by atoms with van der Waals surface area (Å²) >= 11 is 12.9. The van der Waals surface area contributed by atoms with Crippen LogP contribution in [-0.4, -0.2) is 22.1 Å². The van der Waals surface area contributed by atoms with E-state index in [0.717, 1.165) is 14.5 Å². The Bertz CT molecular complexity index is 749. The zero-order chi connectivity index (χ0) is 15.0. The molecule has 1 N–H and O–H groups in total. The van der Waals surface area contributed by atoms with E-state index >= 15 is 0 Å². The van der Waals surface area contributed by atoms with Crippen LogP contribution in [0, 0.1) is 0 Å². The van der Waals surface area contributed by atoms with Crippen molar-refractivity contribution >= 4 is 60.8 Å². The Morgan fingerprint density at radius 2 is 2.05 bits per heavy atom. The lowest BCUT2D eigenvalue weighted by Gasteiger charge is -2.12. The lowest BCUT2D eigenvalue weighted by Crippen LogP contribution is -2.20. The zero-order valence-corrected chi connectivity index (χ0v) is 14.4. The van der Waals surface area contributed by atoms with Gasteiger partial charge in [0.1, 0.15) is 0 Å². The Balaban J connectivity index is 2.28. The average Bonchev–Trinajstić information content (AvgIpc) is 2.59. The quantitative estimate of drug-likeness (QED) is 0.551. The number of pyridine rings is 1. The summed E-state index contributed by atoms with van der Waals surface area (Å²) < 4.78 is 1.61. The summed E-state index contributed by atoms with van der Waals surface area (Å²) in [5.41, 5.74) is 1.62. The number of carbonyl (C=O) groups excluding carboxylic acids is 1. The van der Waals surface area contributed by atoms with E-state index in [0.29, 0.717) is 17.1 Å². The summed E-state index contributed by atoms with van der Waals surface area (Å²) in [6, 6.07) is 9.24. The fraction of sp³-hybridized carbons (Fsp3) is 0.0714. The van der Waals surface area contributed by atoms with Crippen molar-refractivity contribution in [2.45, 2.75) is 5.50 Å². The van der Waals surface area contributed by atoms with E-state index in [4.69, 9.17) is 11.6 Å². The molecule has 21 heavy (non-hydrogen) atoms. The Kier molecular flexibility index (Phi) is 4.10. The largest absolute Gasteiger partial charge is 0.322 e. The van der Waals surface area contributed by atoms with E-state index in [9.17, 15) is 4.79 Å². The third-order valence-electron chi connectivity index (χ3n) is 2.92. The molecule has 0 saturated heterocycles. The molecule has 0 bridgehead atoms. The number of amides is 1. The fourth-order valence-corrected chi connectivity index (χ4v) is 3.50. The van der Waals surface area contributed by atoms with Gasteiger partial charge in [-0.25, -0.2) is 0 Å².